The third-order valence-electron chi connectivity index (χ3n) is 4.59. The molecule has 2 amide bonds. The van der Waals surface area contributed by atoms with E-state index < -0.39 is 17.8 Å². The molecule has 2 aromatic rings. The molecule has 3 N–H and O–H groups in total. The van der Waals surface area contributed by atoms with Gasteiger partial charge in [0, 0.05) is 43.8 Å². The number of hydrogen-bond acceptors (Lipinski definition) is 2. The van der Waals surface area contributed by atoms with Crippen molar-refractivity contribution in [2.45, 2.75) is 31.6 Å². The number of piperidine rings is 1. The van der Waals surface area contributed by atoms with Crippen molar-refractivity contribution in [1.82, 2.24) is 14.8 Å². The minimum Gasteiger partial charge on any atom is -0.352 e. The van der Waals surface area contributed by atoms with Crippen molar-refractivity contribution in [3.8, 4) is 5.69 Å². The van der Waals surface area contributed by atoms with E-state index >= 15 is 0 Å². The zero-order chi connectivity index (χ0) is 18.7. The molecule has 0 atom stereocenters. The third kappa shape index (κ3) is 4.57. The molecule has 2 heterocycles. The van der Waals surface area contributed by atoms with Crippen LogP contribution in [0.3, 0.4) is 0 Å². The standard InChI is InChI=1S/C18H21F3N4O/c19-18(20,21)14-1-3-16(4-2-14)25-10-5-13(12-25)11-24-8-6-15(7-9-24)23-17(22)26/h1-5,10,12,15H,6-9,11H2,(H3,22,23,26). The maximum Gasteiger partial charge on any atom is 0.416 e. The predicted octanol–water partition coefficient (Wildman–Crippen LogP) is 3.13. The Hall–Kier alpha value is -2.48. The second kappa shape index (κ2) is 7.41. The molecule has 0 spiro atoms. The molecule has 0 unspecified atom stereocenters. The van der Waals surface area contributed by atoms with Gasteiger partial charge in [-0.05, 0) is 48.7 Å². The molecule has 1 aromatic heterocycles. The zero-order valence-electron chi connectivity index (χ0n) is 14.2. The molecule has 140 valence electrons. The van der Waals surface area contributed by atoms with Crippen LogP contribution in [0.15, 0.2) is 42.7 Å². The molecule has 3 rings (SSSR count). The molecule has 0 radical (unpaired) electrons. The van der Waals surface area contributed by atoms with Crippen LogP contribution in [0, 0.1) is 0 Å². The van der Waals surface area contributed by atoms with Gasteiger partial charge in [-0.25, -0.2) is 4.79 Å². The number of primary amides is 1. The van der Waals surface area contributed by atoms with Crippen molar-refractivity contribution >= 4 is 6.03 Å². The van der Waals surface area contributed by atoms with Crippen molar-refractivity contribution in [3.05, 3.63) is 53.9 Å². The summed E-state index contributed by atoms with van der Waals surface area (Å²) in [5.74, 6) is 0. The van der Waals surface area contributed by atoms with Crippen LogP contribution in [-0.2, 0) is 12.7 Å². The van der Waals surface area contributed by atoms with Gasteiger partial charge in [0.1, 0.15) is 0 Å². The van der Waals surface area contributed by atoms with Crippen molar-refractivity contribution in [3.63, 3.8) is 0 Å². The van der Waals surface area contributed by atoms with Gasteiger partial charge in [0.25, 0.3) is 0 Å². The van der Waals surface area contributed by atoms with Gasteiger partial charge in [-0.2, -0.15) is 13.2 Å². The molecular weight excluding hydrogens is 345 g/mol. The molecular formula is C18H21F3N4O. The van der Waals surface area contributed by atoms with Crippen LogP contribution >= 0.6 is 0 Å². The van der Waals surface area contributed by atoms with Crippen molar-refractivity contribution in [2.75, 3.05) is 13.1 Å². The number of urea groups is 1. The number of alkyl halides is 3. The van der Waals surface area contributed by atoms with Crippen LogP contribution in [0.25, 0.3) is 5.69 Å². The number of likely N-dealkylation sites (tertiary alicyclic amines) is 1. The van der Waals surface area contributed by atoms with Gasteiger partial charge in [0.15, 0.2) is 0 Å². The summed E-state index contributed by atoms with van der Waals surface area (Å²) in [6.07, 6.45) is 1.15. The number of rotatable bonds is 4. The summed E-state index contributed by atoms with van der Waals surface area (Å²) >= 11 is 0. The number of hydrogen-bond donors (Lipinski definition) is 2. The normalized spacial score (nSPS) is 16.6. The minimum absolute atomic E-state index is 0.125. The molecule has 0 bridgehead atoms. The van der Waals surface area contributed by atoms with Gasteiger partial charge < -0.3 is 15.6 Å². The summed E-state index contributed by atoms with van der Waals surface area (Å²) in [6.45, 7) is 2.48. The highest BCUT2D eigenvalue weighted by Crippen LogP contribution is 2.29. The molecule has 1 aliphatic heterocycles. The fourth-order valence-electron chi connectivity index (χ4n) is 3.21. The third-order valence-corrected chi connectivity index (χ3v) is 4.59. The number of halogens is 3. The first-order valence-electron chi connectivity index (χ1n) is 8.44. The van der Waals surface area contributed by atoms with Gasteiger partial charge >= 0.3 is 12.2 Å². The summed E-state index contributed by atoms with van der Waals surface area (Å²) in [5.41, 5.74) is 6.27. The van der Waals surface area contributed by atoms with Crippen molar-refractivity contribution in [1.29, 1.82) is 0 Å². The van der Waals surface area contributed by atoms with Crippen molar-refractivity contribution < 1.29 is 18.0 Å². The second-order valence-electron chi connectivity index (χ2n) is 6.53. The highest BCUT2D eigenvalue weighted by molar-refractivity contribution is 5.71. The maximum absolute atomic E-state index is 12.6. The number of carbonyl (C=O) groups excluding carboxylic acids is 1. The summed E-state index contributed by atoms with van der Waals surface area (Å²) in [7, 11) is 0. The topological polar surface area (TPSA) is 63.3 Å². The molecule has 1 aliphatic rings. The van der Waals surface area contributed by atoms with E-state index in [0.717, 1.165) is 50.2 Å². The predicted molar refractivity (Wildman–Crippen MR) is 91.8 cm³/mol. The SMILES string of the molecule is NC(=O)NC1CCN(Cc2ccn(-c3ccc(C(F)(F)F)cc3)c2)CC1. The number of amides is 2. The number of aromatic nitrogens is 1. The van der Waals surface area contributed by atoms with Crippen molar-refractivity contribution in [2.24, 2.45) is 5.73 Å². The Morgan fingerprint density at radius 2 is 1.81 bits per heavy atom. The Morgan fingerprint density at radius 3 is 2.38 bits per heavy atom. The Balaban J connectivity index is 1.58. The number of nitrogens with zero attached hydrogens (tertiary/aromatic N) is 2. The molecule has 8 heteroatoms. The number of benzene rings is 1. The average Bonchev–Trinajstić information content (AvgIpc) is 3.04. The lowest BCUT2D eigenvalue weighted by atomic mass is 10.0. The van der Waals surface area contributed by atoms with Crippen LogP contribution in [0.1, 0.15) is 24.0 Å². The smallest absolute Gasteiger partial charge is 0.352 e. The molecule has 26 heavy (non-hydrogen) atoms. The number of carbonyl (C=O) groups is 1. The Morgan fingerprint density at radius 1 is 1.15 bits per heavy atom. The van der Waals surface area contributed by atoms with E-state index in [4.69, 9.17) is 5.73 Å². The van der Waals surface area contributed by atoms with Crippen LogP contribution in [-0.4, -0.2) is 34.6 Å². The lowest BCUT2D eigenvalue weighted by molar-refractivity contribution is -0.137. The highest BCUT2D eigenvalue weighted by atomic mass is 19.4. The molecule has 1 saturated heterocycles. The molecule has 1 fully saturated rings. The van der Waals surface area contributed by atoms with Crippen LogP contribution < -0.4 is 11.1 Å². The maximum atomic E-state index is 12.6. The monoisotopic (exact) mass is 366 g/mol. The van der Waals surface area contributed by atoms with E-state index in [-0.39, 0.29) is 6.04 Å². The van der Waals surface area contributed by atoms with E-state index in [9.17, 15) is 18.0 Å². The van der Waals surface area contributed by atoms with E-state index in [0.29, 0.717) is 5.69 Å². The quantitative estimate of drug-likeness (QED) is 0.873. The average molecular weight is 366 g/mol. The lowest BCUT2D eigenvalue weighted by Crippen LogP contribution is -2.46. The van der Waals surface area contributed by atoms with Gasteiger partial charge in [0.2, 0.25) is 0 Å². The van der Waals surface area contributed by atoms with Gasteiger partial charge in [0.05, 0.1) is 5.56 Å². The summed E-state index contributed by atoms with van der Waals surface area (Å²) in [5, 5.41) is 2.73. The highest BCUT2D eigenvalue weighted by Gasteiger charge is 2.30. The summed E-state index contributed by atoms with van der Waals surface area (Å²) < 4.78 is 39.7. The van der Waals surface area contributed by atoms with Gasteiger partial charge in [-0.15, -0.1) is 0 Å². The van der Waals surface area contributed by atoms with Crippen LogP contribution in [0.2, 0.25) is 0 Å². The largest absolute Gasteiger partial charge is 0.416 e. The first kappa shape index (κ1) is 18.3. The first-order valence-corrected chi connectivity index (χ1v) is 8.44. The van der Waals surface area contributed by atoms with Crippen LogP contribution in [0.5, 0.6) is 0 Å². The molecule has 1 aromatic carbocycles. The minimum atomic E-state index is -4.32. The van der Waals surface area contributed by atoms with E-state index in [1.54, 1.807) is 0 Å². The molecule has 0 saturated carbocycles. The Kier molecular flexibility index (Phi) is 5.22. The lowest BCUT2D eigenvalue weighted by Gasteiger charge is -2.31. The van der Waals surface area contributed by atoms with Gasteiger partial charge in [-0.1, -0.05) is 0 Å². The van der Waals surface area contributed by atoms with E-state index in [1.807, 2.05) is 23.0 Å². The first-order chi connectivity index (χ1) is 12.3. The molecule has 5 nitrogen and oxygen atoms in total. The summed E-state index contributed by atoms with van der Waals surface area (Å²) in [4.78, 5) is 13.2. The summed E-state index contributed by atoms with van der Waals surface area (Å²) in [6, 6.07) is 6.71. The Bertz CT molecular complexity index is 747. The van der Waals surface area contributed by atoms with Crippen LogP contribution in [0.4, 0.5) is 18.0 Å². The fraction of sp³-hybridized carbons (Fsp3) is 0.389. The van der Waals surface area contributed by atoms with E-state index in [1.165, 1.54) is 12.1 Å². The zero-order valence-corrected chi connectivity index (χ0v) is 14.2. The van der Waals surface area contributed by atoms with E-state index in [2.05, 4.69) is 10.2 Å². The second-order valence-corrected chi connectivity index (χ2v) is 6.53. The fourth-order valence-corrected chi connectivity index (χ4v) is 3.21. The van der Waals surface area contributed by atoms with Gasteiger partial charge in [-0.3, -0.25) is 4.90 Å². The molecule has 0 aliphatic carbocycles. The number of nitrogens with one attached hydrogen (secondary N) is 1. The Labute approximate surface area is 149 Å². The number of nitrogens with two attached hydrogens (primary N) is 1.